The average Bonchev–Trinajstić information content (AvgIpc) is 2.58. The molecule has 0 aromatic carbocycles. The number of nitrogens with one attached hydrogen (secondary N) is 1. The fourth-order valence-corrected chi connectivity index (χ4v) is 3.79. The molecular formula is C19H31F3N6. The van der Waals surface area contributed by atoms with Gasteiger partial charge in [0.05, 0.1) is 0 Å². The van der Waals surface area contributed by atoms with Crippen LogP contribution in [0.4, 0.5) is 31.0 Å². The van der Waals surface area contributed by atoms with Crippen LogP contribution in [0, 0.1) is 0 Å². The van der Waals surface area contributed by atoms with Crippen molar-refractivity contribution >= 4 is 17.8 Å². The van der Waals surface area contributed by atoms with E-state index in [1.165, 1.54) is 38.5 Å². The molecule has 2 saturated heterocycles. The molecule has 0 atom stereocenters. The fraction of sp³-hybridized carbons (Fsp3) is 0.842. The number of alkyl halides is 3. The van der Waals surface area contributed by atoms with Crippen LogP contribution in [0.15, 0.2) is 0 Å². The molecule has 9 heteroatoms. The van der Waals surface area contributed by atoms with Gasteiger partial charge in [0.25, 0.3) is 0 Å². The summed E-state index contributed by atoms with van der Waals surface area (Å²) in [6, 6.07) is 0. The van der Waals surface area contributed by atoms with Gasteiger partial charge in [-0.1, -0.05) is 38.5 Å². The van der Waals surface area contributed by atoms with Gasteiger partial charge in [0.1, 0.15) is 6.54 Å². The molecule has 3 heterocycles. The van der Waals surface area contributed by atoms with Crippen molar-refractivity contribution in [2.24, 2.45) is 0 Å². The maximum atomic E-state index is 12.7. The quantitative estimate of drug-likeness (QED) is 0.809. The topological polar surface area (TPSA) is 57.2 Å². The first-order valence-corrected chi connectivity index (χ1v) is 10.6. The molecule has 0 spiro atoms. The van der Waals surface area contributed by atoms with Crippen molar-refractivity contribution in [3.63, 3.8) is 0 Å². The summed E-state index contributed by atoms with van der Waals surface area (Å²) in [4.78, 5) is 17.6. The van der Waals surface area contributed by atoms with Gasteiger partial charge in [-0.25, -0.2) is 0 Å². The second kappa shape index (κ2) is 10.1. The van der Waals surface area contributed by atoms with Crippen molar-refractivity contribution in [1.82, 2.24) is 15.0 Å². The van der Waals surface area contributed by atoms with Gasteiger partial charge in [-0.2, -0.15) is 28.1 Å². The minimum absolute atomic E-state index is 0.0152. The minimum Gasteiger partial charge on any atom is -0.345 e. The molecule has 2 aliphatic rings. The van der Waals surface area contributed by atoms with Crippen LogP contribution < -0.4 is 15.1 Å². The summed E-state index contributed by atoms with van der Waals surface area (Å²) in [5, 5.41) is 2.36. The Hall–Kier alpha value is -1.80. The van der Waals surface area contributed by atoms with E-state index in [-0.39, 0.29) is 5.95 Å². The van der Waals surface area contributed by atoms with Gasteiger partial charge in [-0.3, -0.25) is 0 Å². The lowest BCUT2D eigenvalue weighted by molar-refractivity contribution is -0.115. The number of hydrogen-bond donors (Lipinski definition) is 1. The highest BCUT2D eigenvalue weighted by Gasteiger charge is 2.28. The van der Waals surface area contributed by atoms with Gasteiger partial charge in [0, 0.05) is 26.2 Å². The Morgan fingerprint density at radius 3 is 1.43 bits per heavy atom. The molecular weight excluding hydrogens is 369 g/mol. The van der Waals surface area contributed by atoms with Gasteiger partial charge < -0.3 is 15.1 Å². The molecule has 1 aromatic rings. The van der Waals surface area contributed by atoms with Gasteiger partial charge in [0.15, 0.2) is 0 Å². The van der Waals surface area contributed by atoms with Gasteiger partial charge in [-0.15, -0.1) is 0 Å². The van der Waals surface area contributed by atoms with Gasteiger partial charge >= 0.3 is 6.18 Å². The lowest BCUT2D eigenvalue weighted by Gasteiger charge is -2.28. The predicted molar refractivity (Wildman–Crippen MR) is 105 cm³/mol. The van der Waals surface area contributed by atoms with Crippen LogP contribution in [0.3, 0.4) is 0 Å². The number of hydrogen-bond acceptors (Lipinski definition) is 6. The van der Waals surface area contributed by atoms with Crippen LogP contribution in [0.5, 0.6) is 0 Å². The molecule has 0 radical (unpaired) electrons. The summed E-state index contributed by atoms with van der Waals surface area (Å²) in [7, 11) is 0. The maximum absolute atomic E-state index is 12.7. The van der Waals surface area contributed by atoms with E-state index < -0.39 is 12.7 Å². The standard InChI is InChI=1S/C19H31F3N6/c20-19(21,22)15-23-16-24-17(27-11-7-3-1-4-8-12-27)26-18(25-16)28-13-9-5-2-6-10-14-28/h1-15H2,(H,23,24,25,26). The van der Waals surface area contributed by atoms with Gasteiger partial charge in [-0.05, 0) is 25.7 Å². The van der Waals surface area contributed by atoms with Crippen LogP contribution in [0.1, 0.15) is 64.2 Å². The van der Waals surface area contributed by atoms with Crippen LogP contribution in [0.2, 0.25) is 0 Å². The van der Waals surface area contributed by atoms with E-state index in [4.69, 9.17) is 0 Å². The molecule has 2 aliphatic heterocycles. The number of anilines is 3. The Labute approximate surface area is 164 Å². The predicted octanol–water partition coefficient (Wildman–Crippen LogP) is 4.39. The summed E-state index contributed by atoms with van der Waals surface area (Å²) in [6.07, 6.45) is 7.04. The van der Waals surface area contributed by atoms with Crippen molar-refractivity contribution in [3.8, 4) is 0 Å². The molecule has 158 valence electrons. The van der Waals surface area contributed by atoms with Crippen LogP contribution in [0.25, 0.3) is 0 Å². The number of nitrogens with zero attached hydrogens (tertiary/aromatic N) is 5. The summed E-state index contributed by atoms with van der Waals surface area (Å²) in [5.41, 5.74) is 0. The largest absolute Gasteiger partial charge is 0.405 e. The Balaban J connectivity index is 1.83. The summed E-state index contributed by atoms with van der Waals surface area (Å²) in [6.45, 7) is 2.20. The smallest absolute Gasteiger partial charge is 0.345 e. The van der Waals surface area contributed by atoms with Crippen molar-refractivity contribution < 1.29 is 13.2 Å². The lowest BCUT2D eigenvalue weighted by Crippen LogP contribution is -2.33. The molecule has 0 aliphatic carbocycles. The zero-order valence-corrected chi connectivity index (χ0v) is 16.5. The first-order valence-electron chi connectivity index (χ1n) is 10.6. The lowest BCUT2D eigenvalue weighted by atomic mass is 10.1. The molecule has 0 saturated carbocycles. The second-order valence-corrected chi connectivity index (χ2v) is 7.74. The monoisotopic (exact) mass is 400 g/mol. The van der Waals surface area contributed by atoms with E-state index in [0.717, 1.165) is 51.9 Å². The highest BCUT2D eigenvalue weighted by molar-refractivity contribution is 5.45. The van der Waals surface area contributed by atoms with E-state index >= 15 is 0 Å². The zero-order chi connectivity index (χ0) is 19.8. The first-order chi connectivity index (χ1) is 13.5. The Kier molecular flexibility index (Phi) is 7.56. The average molecular weight is 400 g/mol. The molecule has 28 heavy (non-hydrogen) atoms. The molecule has 0 amide bonds. The third-order valence-electron chi connectivity index (χ3n) is 5.34. The molecule has 0 bridgehead atoms. The van der Waals surface area contributed by atoms with Crippen LogP contribution >= 0.6 is 0 Å². The van der Waals surface area contributed by atoms with Crippen LogP contribution in [-0.4, -0.2) is 53.9 Å². The van der Waals surface area contributed by atoms with E-state index in [9.17, 15) is 13.2 Å². The van der Waals surface area contributed by atoms with Crippen molar-refractivity contribution in [2.75, 3.05) is 47.8 Å². The summed E-state index contributed by atoms with van der Waals surface area (Å²) in [5.74, 6) is 1.01. The second-order valence-electron chi connectivity index (χ2n) is 7.74. The van der Waals surface area contributed by atoms with Crippen molar-refractivity contribution in [1.29, 1.82) is 0 Å². The summed E-state index contributed by atoms with van der Waals surface area (Å²) >= 11 is 0. The highest BCUT2D eigenvalue weighted by Crippen LogP contribution is 2.23. The number of aromatic nitrogens is 3. The molecule has 6 nitrogen and oxygen atoms in total. The van der Waals surface area contributed by atoms with E-state index in [1.807, 2.05) is 0 Å². The molecule has 1 N–H and O–H groups in total. The maximum Gasteiger partial charge on any atom is 0.405 e. The van der Waals surface area contributed by atoms with Crippen molar-refractivity contribution in [3.05, 3.63) is 0 Å². The van der Waals surface area contributed by atoms with Crippen molar-refractivity contribution in [2.45, 2.75) is 70.4 Å². The van der Waals surface area contributed by atoms with Crippen LogP contribution in [-0.2, 0) is 0 Å². The van der Waals surface area contributed by atoms with E-state index in [0.29, 0.717) is 11.9 Å². The first kappa shape index (κ1) is 20.9. The fourth-order valence-electron chi connectivity index (χ4n) is 3.79. The Morgan fingerprint density at radius 1 is 0.643 bits per heavy atom. The summed E-state index contributed by atoms with van der Waals surface area (Å²) < 4.78 is 38.1. The number of halogens is 3. The Morgan fingerprint density at radius 2 is 1.04 bits per heavy atom. The van der Waals surface area contributed by atoms with E-state index in [2.05, 4.69) is 30.1 Å². The SMILES string of the molecule is FC(F)(F)CNc1nc(N2CCCCCCC2)nc(N2CCCCCCC2)n1. The third-order valence-corrected chi connectivity index (χ3v) is 5.34. The molecule has 1 aromatic heterocycles. The molecule has 2 fully saturated rings. The normalized spacial score (nSPS) is 20.1. The minimum atomic E-state index is -4.31. The Bertz CT molecular complexity index is 554. The third kappa shape index (κ3) is 6.67. The molecule has 0 unspecified atom stereocenters. The number of rotatable bonds is 4. The van der Waals surface area contributed by atoms with E-state index in [1.54, 1.807) is 0 Å². The zero-order valence-electron chi connectivity index (χ0n) is 16.5. The highest BCUT2D eigenvalue weighted by atomic mass is 19.4. The molecule has 3 rings (SSSR count). The van der Waals surface area contributed by atoms with Gasteiger partial charge in [0.2, 0.25) is 17.8 Å².